The normalized spacial score (nSPS) is 15.3. The maximum absolute atomic E-state index is 12.6. The van der Waals surface area contributed by atoms with E-state index in [0.29, 0.717) is 13.1 Å². The smallest absolute Gasteiger partial charge is 0.422 e. The van der Waals surface area contributed by atoms with E-state index in [9.17, 15) is 26.4 Å². The molecule has 0 atom stereocenters. The van der Waals surface area contributed by atoms with Crippen molar-refractivity contribution < 1.29 is 31.1 Å². The number of ether oxygens (including phenoxy) is 1. The summed E-state index contributed by atoms with van der Waals surface area (Å²) in [5, 5.41) is 2.52. The van der Waals surface area contributed by atoms with Crippen LogP contribution in [0.4, 0.5) is 18.9 Å². The van der Waals surface area contributed by atoms with Crippen molar-refractivity contribution in [1.29, 1.82) is 0 Å². The lowest BCUT2D eigenvalue weighted by Gasteiger charge is -2.16. The minimum atomic E-state index is -4.48. The van der Waals surface area contributed by atoms with Gasteiger partial charge >= 0.3 is 6.18 Å². The number of sulfonamides is 1. The molecular weight excluding hydrogens is 411 g/mol. The van der Waals surface area contributed by atoms with Crippen LogP contribution in [0.5, 0.6) is 5.88 Å². The van der Waals surface area contributed by atoms with Gasteiger partial charge in [-0.05, 0) is 37.1 Å². The average molecular weight is 429 g/mol. The predicted octanol–water partition coefficient (Wildman–Crippen LogP) is 3.06. The lowest BCUT2D eigenvalue weighted by molar-refractivity contribution is -0.154. The van der Waals surface area contributed by atoms with E-state index in [1.165, 1.54) is 40.7 Å². The number of rotatable bonds is 6. The second-order valence-corrected chi connectivity index (χ2v) is 8.32. The lowest BCUT2D eigenvalue weighted by Crippen LogP contribution is -2.28. The van der Waals surface area contributed by atoms with Crippen LogP contribution in [-0.4, -0.2) is 49.5 Å². The molecule has 29 heavy (non-hydrogen) atoms. The van der Waals surface area contributed by atoms with Crippen molar-refractivity contribution in [2.75, 3.05) is 25.0 Å². The molecule has 1 fully saturated rings. The predicted molar refractivity (Wildman–Crippen MR) is 98.2 cm³/mol. The number of benzene rings is 1. The molecule has 1 aliphatic heterocycles. The Labute approximate surface area is 165 Å². The Hall–Kier alpha value is -2.66. The zero-order valence-corrected chi connectivity index (χ0v) is 16.0. The molecule has 1 N–H and O–H groups in total. The minimum Gasteiger partial charge on any atom is -0.468 e. The highest BCUT2D eigenvalue weighted by Gasteiger charge is 2.29. The molecule has 0 spiro atoms. The highest BCUT2D eigenvalue weighted by Crippen LogP contribution is 2.22. The van der Waals surface area contributed by atoms with Gasteiger partial charge in [-0.2, -0.15) is 17.5 Å². The molecule has 1 amide bonds. The number of aromatic nitrogens is 1. The van der Waals surface area contributed by atoms with E-state index in [1.807, 2.05) is 0 Å². The fourth-order valence-corrected chi connectivity index (χ4v) is 4.34. The number of hydrogen-bond acceptors (Lipinski definition) is 5. The van der Waals surface area contributed by atoms with Gasteiger partial charge in [-0.25, -0.2) is 13.4 Å². The van der Waals surface area contributed by atoms with Crippen LogP contribution in [0.3, 0.4) is 0 Å². The van der Waals surface area contributed by atoms with Gasteiger partial charge in [-0.3, -0.25) is 4.79 Å². The number of nitrogens with zero attached hydrogens (tertiary/aromatic N) is 2. The third-order valence-corrected chi connectivity index (χ3v) is 6.07. The third kappa shape index (κ3) is 5.45. The van der Waals surface area contributed by atoms with Gasteiger partial charge in [0.05, 0.1) is 16.8 Å². The van der Waals surface area contributed by atoms with Crippen molar-refractivity contribution in [3.05, 3.63) is 48.2 Å². The van der Waals surface area contributed by atoms with Crippen LogP contribution in [0.2, 0.25) is 0 Å². The summed E-state index contributed by atoms with van der Waals surface area (Å²) in [6, 6.07) is 8.18. The molecule has 0 unspecified atom stereocenters. The highest BCUT2D eigenvalue weighted by atomic mass is 32.2. The fourth-order valence-electron chi connectivity index (χ4n) is 2.77. The number of alkyl halides is 3. The molecule has 1 saturated heterocycles. The van der Waals surface area contributed by atoms with Crippen LogP contribution in [0, 0.1) is 0 Å². The first-order chi connectivity index (χ1) is 13.6. The molecule has 156 valence electrons. The van der Waals surface area contributed by atoms with Crippen molar-refractivity contribution in [2.45, 2.75) is 23.9 Å². The van der Waals surface area contributed by atoms with E-state index in [2.05, 4.69) is 15.0 Å². The maximum atomic E-state index is 12.6. The Kier molecular flexibility index (Phi) is 6.08. The van der Waals surface area contributed by atoms with Crippen LogP contribution < -0.4 is 10.1 Å². The molecule has 0 radical (unpaired) electrons. The Balaban J connectivity index is 1.68. The highest BCUT2D eigenvalue weighted by molar-refractivity contribution is 7.89. The van der Waals surface area contributed by atoms with Gasteiger partial charge in [-0.1, -0.05) is 6.07 Å². The maximum Gasteiger partial charge on any atom is 0.422 e. The Morgan fingerprint density at radius 2 is 1.90 bits per heavy atom. The van der Waals surface area contributed by atoms with Crippen molar-refractivity contribution >= 4 is 21.6 Å². The largest absolute Gasteiger partial charge is 0.468 e. The number of anilines is 1. The summed E-state index contributed by atoms with van der Waals surface area (Å²) >= 11 is 0. The monoisotopic (exact) mass is 429 g/mol. The average Bonchev–Trinajstić information content (AvgIpc) is 3.23. The molecule has 1 aromatic carbocycles. The fraction of sp³-hybridized carbons (Fsp3) is 0.333. The topological polar surface area (TPSA) is 88.6 Å². The molecule has 3 rings (SSSR count). The van der Waals surface area contributed by atoms with E-state index in [-0.39, 0.29) is 22.0 Å². The van der Waals surface area contributed by atoms with Crippen LogP contribution in [0.15, 0.2) is 47.5 Å². The molecular formula is C18H18F3N3O4S. The first-order valence-electron chi connectivity index (χ1n) is 8.72. The summed E-state index contributed by atoms with van der Waals surface area (Å²) in [4.78, 5) is 16.2. The van der Waals surface area contributed by atoms with Crippen molar-refractivity contribution in [2.24, 2.45) is 0 Å². The number of pyridine rings is 1. The summed E-state index contributed by atoms with van der Waals surface area (Å²) in [5.41, 5.74) is 0.352. The zero-order chi connectivity index (χ0) is 21.1. The summed E-state index contributed by atoms with van der Waals surface area (Å²) in [6.45, 7) is -0.565. The number of carbonyl (C=O) groups excluding carboxylic acids is 1. The molecule has 7 nitrogen and oxygen atoms in total. The Morgan fingerprint density at radius 1 is 1.17 bits per heavy atom. The minimum absolute atomic E-state index is 0.0288. The molecule has 1 aliphatic rings. The summed E-state index contributed by atoms with van der Waals surface area (Å²) in [7, 11) is -3.66. The number of amides is 1. The second kappa shape index (κ2) is 8.37. The van der Waals surface area contributed by atoms with E-state index < -0.39 is 28.7 Å². The Morgan fingerprint density at radius 3 is 2.52 bits per heavy atom. The van der Waals surface area contributed by atoms with E-state index in [0.717, 1.165) is 19.0 Å². The Bertz CT molecular complexity index is 973. The summed E-state index contributed by atoms with van der Waals surface area (Å²) in [6.07, 6.45) is -1.73. The van der Waals surface area contributed by atoms with E-state index >= 15 is 0 Å². The molecule has 0 bridgehead atoms. The quantitative estimate of drug-likeness (QED) is 0.763. The van der Waals surface area contributed by atoms with Crippen LogP contribution in [-0.2, 0) is 10.0 Å². The van der Waals surface area contributed by atoms with Gasteiger partial charge in [-0.15, -0.1) is 0 Å². The van der Waals surface area contributed by atoms with Gasteiger partial charge in [0.15, 0.2) is 6.61 Å². The van der Waals surface area contributed by atoms with Gasteiger partial charge in [0.2, 0.25) is 15.9 Å². The van der Waals surface area contributed by atoms with Gasteiger partial charge in [0, 0.05) is 24.7 Å². The van der Waals surface area contributed by atoms with Crippen LogP contribution in [0.1, 0.15) is 23.2 Å². The molecule has 0 aliphatic carbocycles. The number of hydrogen-bond donors (Lipinski definition) is 1. The zero-order valence-electron chi connectivity index (χ0n) is 15.1. The van der Waals surface area contributed by atoms with E-state index in [4.69, 9.17) is 0 Å². The van der Waals surface area contributed by atoms with Gasteiger partial charge < -0.3 is 10.1 Å². The number of carbonyl (C=O) groups is 1. The van der Waals surface area contributed by atoms with Gasteiger partial charge in [0.25, 0.3) is 5.91 Å². The first kappa shape index (κ1) is 21.1. The molecule has 11 heteroatoms. The second-order valence-electron chi connectivity index (χ2n) is 6.38. The first-order valence-corrected chi connectivity index (χ1v) is 10.2. The summed E-state index contributed by atoms with van der Waals surface area (Å²) < 4.78 is 67.6. The molecule has 0 saturated carbocycles. The van der Waals surface area contributed by atoms with Gasteiger partial charge in [0.1, 0.15) is 0 Å². The van der Waals surface area contributed by atoms with Crippen LogP contribution >= 0.6 is 0 Å². The van der Waals surface area contributed by atoms with Crippen molar-refractivity contribution in [3.8, 4) is 5.88 Å². The third-order valence-electron chi connectivity index (χ3n) is 4.18. The summed E-state index contributed by atoms with van der Waals surface area (Å²) in [5.74, 6) is -0.812. The van der Waals surface area contributed by atoms with Crippen molar-refractivity contribution in [3.63, 3.8) is 0 Å². The molecule has 2 heterocycles. The van der Waals surface area contributed by atoms with E-state index in [1.54, 1.807) is 0 Å². The van der Waals surface area contributed by atoms with Crippen LogP contribution in [0.25, 0.3) is 0 Å². The number of nitrogens with one attached hydrogen (secondary N) is 1. The lowest BCUT2D eigenvalue weighted by atomic mass is 10.2. The standard InChI is InChI=1S/C18H18F3N3O4S/c19-18(20,21)12-28-16-7-6-14(11-22-16)23-17(25)13-4-3-5-15(10-13)29(26,27)24-8-1-2-9-24/h3-7,10-11H,1-2,8-9,12H2,(H,23,25). The molecule has 2 aromatic rings. The number of halogens is 3. The SMILES string of the molecule is O=C(Nc1ccc(OCC(F)(F)F)nc1)c1cccc(S(=O)(=O)N2CCCC2)c1. The molecule has 1 aromatic heterocycles. The van der Waals surface area contributed by atoms with Crippen molar-refractivity contribution in [1.82, 2.24) is 9.29 Å².